The molecule has 0 bridgehead atoms. The van der Waals surface area contributed by atoms with E-state index in [1.807, 2.05) is 32.0 Å². The van der Waals surface area contributed by atoms with Gasteiger partial charge in [0.15, 0.2) is 0 Å². The lowest BCUT2D eigenvalue weighted by molar-refractivity contribution is -0.145. The van der Waals surface area contributed by atoms with Gasteiger partial charge in [-0.1, -0.05) is 6.07 Å². The van der Waals surface area contributed by atoms with E-state index in [1.165, 1.54) is 12.7 Å². The lowest BCUT2D eigenvalue weighted by atomic mass is 10.1. The molecular formula is C14H17NO3. The van der Waals surface area contributed by atoms with Crippen LogP contribution in [-0.4, -0.2) is 25.5 Å². The normalized spacial score (nSPS) is 19.2. The van der Waals surface area contributed by atoms with Crippen LogP contribution in [-0.2, 0) is 14.3 Å². The molecule has 0 N–H and O–H groups in total. The minimum absolute atomic E-state index is 0.0198. The van der Waals surface area contributed by atoms with Crippen LogP contribution in [0.25, 0.3) is 0 Å². The predicted molar refractivity (Wildman–Crippen MR) is 68.4 cm³/mol. The van der Waals surface area contributed by atoms with Gasteiger partial charge in [0.2, 0.25) is 5.91 Å². The highest BCUT2D eigenvalue weighted by molar-refractivity contribution is 5.99. The molecule has 96 valence electrons. The Hall–Kier alpha value is -1.84. The topological polar surface area (TPSA) is 46.6 Å². The second-order valence-corrected chi connectivity index (χ2v) is 4.70. The van der Waals surface area contributed by atoms with Crippen LogP contribution >= 0.6 is 0 Å². The second kappa shape index (κ2) is 4.80. The van der Waals surface area contributed by atoms with Crippen molar-refractivity contribution in [1.82, 2.24) is 0 Å². The van der Waals surface area contributed by atoms with Crippen LogP contribution in [0.1, 0.15) is 17.5 Å². The van der Waals surface area contributed by atoms with Gasteiger partial charge in [0.25, 0.3) is 0 Å². The van der Waals surface area contributed by atoms with Crippen LogP contribution in [0, 0.1) is 19.8 Å². The van der Waals surface area contributed by atoms with Crippen molar-refractivity contribution in [2.45, 2.75) is 20.3 Å². The highest BCUT2D eigenvalue weighted by atomic mass is 16.5. The van der Waals surface area contributed by atoms with Gasteiger partial charge < -0.3 is 9.64 Å². The maximum Gasteiger partial charge on any atom is 0.311 e. The number of methoxy groups -OCH3 is 1. The second-order valence-electron chi connectivity index (χ2n) is 4.70. The van der Waals surface area contributed by atoms with E-state index in [9.17, 15) is 9.59 Å². The molecule has 0 radical (unpaired) electrons. The van der Waals surface area contributed by atoms with Gasteiger partial charge in [-0.05, 0) is 37.1 Å². The van der Waals surface area contributed by atoms with E-state index in [-0.39, 0.29) is 24.2 Å². The molecule has 1 amide bonds. The molecule has 0 aliphatic carbocycles. The first-order valence-corrected chi connectivity index (χ1v) is 5.98. The van der Waals surface area contributed by atoms with Gasteiger partial charge >= 0.3 is 5.97 Å². The van der Waals surface area contributed by atoms with Crippen molar-refractivity contribution in [3.8, 4) is 0 Å². The maximum absolute atomic E-state index is 11.9. The number of carbonyl (C=O) groups excluding carboxylic acids is 2. The molecule has 0 unspecified atom stereocenters. The molecule has 2 rings (SSSR count). The first kappa shape index (κ1) is 12.6. The molecule has 1 aromatic carbocycles. The summed E-state index contributed by atoms with van der Waals surface area (Å²) in [7, 11) is 1.35. The summed E-state index contributed by atoms with van der Waals surface area (Å²) in [6.45, 7) is 4.45. The number of aryl methyl sites for hydroxylation is 2. The fourth-order valence-electron chi connectivity index (χ4n) is 2.18. The first-order valence-electron chi connectivity index (χ1n) is 5.98. The van der Waals surface area contributed by atoms with Gasteiger partial charge in [-0.15, -0.1) is 0 Å². The molecule has 1 aliphatic rings. The van der Waals surface area contributed by atoms with Crippen LogP contribution in [0.3, 0.4) is 0 Å². The van der Waals surface area contributed by atoms with Crippen LogP contribution in [0.4, 0.5) is 5.69 Å². The van der Waals surface area contributed by atoms with Crippen LogP contribution in [0.5, 0.6) is 0 Å². The van der Waals surface area contributed by atoms with E-state index in [2.05, 4.69) is 0 Å². The highest BCUT2D eigenvalue weighted by Gasteiger charge is 2.35. The molecule has 0 spiro atoms. The van der Waals surface area contributed by atoms with Gasteiger partial charge in [-0.25, -0.2) is 0 Å². The molecule has 1 fully saturated rings. The molecule has 1 heterocycles. The standard InChI is InChI=1S/C14H17NO3/c1-9-4-5-12(6-10(9)2)15-8-11(7-13(15)16)14(17)18-3/h4-6,11H,7-8H2,1-3H3/t11-/m1/s1. The van der Waals surface area contributed by atoms with Crippen molar-refractivity contribution < 1.29 is 14.3 Å². The summed E-state index contributed by atoms with van der Waals surface area (Å²) in [5.74, 6) is -0.674. The third-order valence-electron chi connectivity index (χ3n) is 3.46. The summed E-state index contributed by atoms with van der Waals surface area (Å²) < 4.78 is 4.69. The summed E-state index contributed by atoms with van der Waals surface area (Å²) >= 11 is 0. The Kier molecular flexibility index (Phi) is 3.36. The highest BCUT2D eigenvalue weighted by Crippen LogP contribution is 2.27. The lowest BCUT2D eigenvalue weighted by Crippen LogP contribution is -2.26. The Balaban J connectivity index is 2.21. The molecule has 4 nitrogen and oxygen atoms in total. The average Bonchev–Trinajstić information content (AvgIpc) is 2.74. The minimum Gasteiger partial charge on any atom is -0.469 e. The van der Waals surface area contributed by atoms with Gasteiger partial charge in [-0.3, -0.25) is 9.59 Å². The predicted octanol–water partition coefficient (Wildman–Crippen LogP) is 1.83. The molecule has 4 heteroatoms. The lowest BCUT2D eigenvalue weighted by Gasteiger charge is -2.17. The number of nitrogens with zero attached hydrogens (tertiary/aromatic N) is 1. The Morgan fingerprint density at radius 3 is 2.67 bits per heavy atom. The number of hydrogen-bond acceptors (Lipinski definition) is 3. The zero-order valence-corrected chi connectivity index (χ0v) is 10.9. The first-order chi connectivity index (χ1) is 8.52. The molecule has 0 saturated carbocycles. The maximum atomic E-state index is 11.9. The molecular weight excluding hydrogens is 230 g/mol. The summed E-state index contributed by atoms with van der Waals surface area (Å²) in [5.41, 5.74) is 3.19. The van der Waals surface area contributed by atoms with Crippen molar-refractivity contribution in [3.05, 3.63) is 29.3 Å². The van der Waals surface area contributed by atoms with E-state index in [0.29, 0.717) is 6.54 Å². The minimum atomic E-state index is -0.343. The zero-order valence-electron chi connectivity index (χ0n) is 10.9. The number of esters is 1. The number of ether oxygens (including phenoxy) is 1. The smallest absolute Gasteiger partial charge is 0.311 e. The number of anilines is 1. The van der Waals surface area contributed by atoms with Crippen LogP contribution in [0.15, 0.2) is 18.2 Å². The summed E-state index contributed by atoms with van der Waals surface area (Å²) in [6, 6.07) is 5.89. The molecule has 1 aliphatic heterocycles. The van der Waals surface area contributed by atoms with Gasteiger partial charge in [-0.2, -0.15) is 0 Å². The monoisotopic (exact) mass is 247 g/mol. The zero-order chi connectivity index (χ0) is 13.3. The Labute approximate surface area is 107 Å². The SMILES string of the molecule is COC(=O)[C@@H]1CC(=O)N(c2ccc(C)c(C)c2)C1. The van der Waals surface area contributed by atoms with E-state index >= 15 is 0 Å². The largest absolute Gasteiger partial charge is 0.469 e. The number of amides is 1. The van der Waals surface area contributed by atoms with E-state index < -0.39 is 0 Å². The van der Waals surface area contributed by atoms with Crippen molar-refractivity contribution in [2.75, 3.05) is 18.6 Å². The average molecular weight is 247 g/mol. The number of benzene rings is 1. The summed E-state index contributed by atoms with van der Waals surface area (Å²) in [4.78, 5) is 25.0. The van der Waals surface area contributed by atoms with Crippen LogP contribution < -0.4 is 4.90 Å². The quantitative estimate of drug-likeness (QED) is 0.749. The van der Waals surface area contributed by atoms with Crippen molar-refractivity contribution in [1.29, 1.82) is 0 Å². The molecule has 1 atom stereocenters. The Morgan fingerprint density at radius 1 is 1.33 bits per heavy atom. The van der Waals surface area contributed by atoms with Crippen molar-refractivity contribution >= 4 is 17.6 Å². The van der Waals surface area contributed by atoms with Crippen molar-refractivity contribution in [3.63, 3.8) is 0 Å². The fraction of sp³-hybridized carbons (Fsp3) is 0.429. The third-order valence-corrected chi connectivity index (χ3v) is 3.46. The van der Waals surface area contributed by atoms with Crippen molar-refractivity contribution in [2.24, 2.45) is 5.92 Å². The molecule has 18 heavy (non-hydrogen) atoms. The Morgan fingerprint density at radius 2 is 2.06 bits per heavy atom. The number of carbonyl (C=O) groups is 2. The van der Waals surface area contributed by atoms with Crippen LogP contribution in [0.2, 0.25) is 0 Å². The van der Waals surface area contributed by atoms with E-state index in [4.69, 9.17) is 4.74 Å². The van der Waals surface area contributed by atoms with E-state index in [1.54, 1.807) is 4.90 Å². The fourth-order valence-corrected chi connectivity index (χ4v) is 2.18. The molecule has 1 aromatic rings. The molecule has 1 saturated heterocycles. The summed E-state index contributed by atoms with van der Waals surface area (Å²) in [6.07, 6.45) is 0.236. The molecule has 0 aromatic heterocycles. The summed E-state index contributed by atoms with van der Waals surface area (Å²) in [5, 5.41) is 0. The Bertz CT molecular complexity index is 496. The number of rotatable bonds is 2. The van der Waals surface area contributed by atoms with Gasteiger partial charge in [0, 0.05) is 18.7 Å². The van der Waals surface area contributed by atoms with Gasteiger partial charge in [0.05, 0.1) is 13.0 Å². The third kappa shape index (κ3) is 2.23. The van der Waals surface area contributed by atoms with E-state index in [0.717, 1.165) is 11.3 Å². The number of hydrogen-bond donors (Lipinski definition) is 0. The van der Waals surface area contributed by atoms with Gasteiger partial charge in [0.1, 0.15) is 0 Å².